The zero-order chi connectivity index (χ0) is 18.1. The molecule has 134 valence electrons. The summed E-state index contributed by atoms with van der Waals surface area (Å²) in [5, 5.41) is 0. The topological polar surface area (TPSA) is 49.9 Å². The second-order valence-electron chi connectivity index (χ2n) is 6.89. The van der Waals surface area contributed by atoms with Crippen molar-refractivity contribution in [2.24, 2.45) is 0 Å². The molecule has 0 saturated heterocycles. The summed E-state index contributed by atoms with van der Waals surface area (Å²) in [6, 6.07) is 13.2. The van der Waals surface area contributed by atoms with Crippen LogP contribution in [-0.2, 0) is 13.0 Å². The molecule has 2 aromatic rings. The summed E-state index contributed by atoms with van der Waals surface area (Å²) in [5.74, 6) is 0.523. The Morgan fingerprint density at radius 3 is 2.46 bits per heavy atom. The minimum Gasteiger partial charge on any atom is -0.493 e. The summed E-state index contributed by atoms with van der Waals surface area (Å²) in [6.07, 6.45) is 1.61. The number of nitrogens with zero attached hydrogens (tertiary/aromatic N) is 2. The van der Waals surface area contributed by atoms with E-state index in [9.17, 15) is 9.59 Å². The summed E-state index contributed by atoms with van der Waals surface area (Å²) in [4.78, 5) is 28.3. The van der Waals surface area contributed by atoms with Crippen molar-refractivity contribution < 1.29 is 14.3 Å². The third kappa shape index (κ3) is 2.99. The largest absolute Gasteiger partial charge is 0.493 e. The quantitative estimate of drug-likeness (QED) is 0.615. The fraction of sp³-hybridized carbons (Fsp3) is 0.333. The van der Waals surface area contributed by atoms with E-state index in [0.29, 0.717) is 30.7 Å². The maximum Gasteiger partial charge on any atom is 0.261 e. The van der Waals surface area contributed by atoms with Gasteiger partial charge in [0.05, 0.1) is 17.7 Å². The fourth-order valence-corrected chi connectivity index (χ4v) is 3.70. The van der Waals surface area contributed by atoms with Crippen molar-refractivity contribution in [1.82, 2.24) is 9.80 Å². The van der Waals surface area contributed by atoms with Crippen molar-refractivity contribution in [2.45, 2.75) is 19.4 Å². The smallest absolute Gasteiger partial charge is 0.261 e. The predicted molar refractivity (Wildman–Crippen MR) is 98.4 cm³/mol. The highest BCUT2D eigenvalue weighted by Crippen LogP contribution is 2.28. The molecule has 0 unspecified atom stereocenters. The molecule has 0 atom stereocenters. The van der Waals surface area contributed by atoms with Crippen LogP contribution < -0.4 is 4.74 Å². The van der Waals surface area contributed by atoms with Crippen molar-refractivity contribution in [2.75, 3.05) is 26.7 Å². The first-order valence-electron chi connectivity index (χ1n) is 9.02. The molecule has 0 saturated carbocycles. The SMILES string of the molecule is CN1CCc2c(cccc2OCCCN2C(=O)c3ccccc3C2=O)C1. The van der Waals surface area contributed by atoms with Gasteiger partial charge in [-0.05, 0) is 49.2 Å². The minimum absolute atomic E-state index is 0.203. The van der Waals surface area contributed by atoms with Gasteiger partial charge in [-0.2, -0.15) is 0 Å². The Balaban J connectivity index is 1.35. The van der Waals surface area contributed by atoms with Crippen molar-refractivity contribution in [3.8, 4) is 5.75 Å². The number of likely N-dealkylation sites (N-methyl/N-ethyl adjacent to an activating group) is 1. The molecule has 0 bridgehead atoms. The summed E-state index contributed by atoms with van der Waals surface area (Å²) in [7, 11) is 2.12. The van der Waals surface area contributed by atoms with Crippen molar-refractivity contribution in [3.05, 3.63) is 64.7 Å². The number of rotatable bonds is 5. The summed E-state index contributed by atoms with van der Waals surface area (Å²) in [5.41, 5.74) is 3.60. The van der Waals surface area contributed by atoms with Gasteiger partial charge in [0.25, 0.3) is 11.8 Å². The first-order chi connectivity index (χ1) is 12.6. The molecule has 0 aliphatic carbocycles. The second-order valence-corrected chi connectivity index (χ2v) is 6.89. The third-order valence-corrected chi connectivity index (χ3v) is 5.08. The van der Waals surface area contributed by atoms with Gasteiger partial charge < -0.3 is 9.64 Å². The van der Waals surface area contributed by atoms with Gasteiger partial charge in [-0.25, -0.2) is 0 Å². The van der Waals surface area contributed by atoms with Gasteiger partial charge >= 0.3 is 0 Å². The third-order valence-electron chi connectivity index (χ3n) is 5.08. The number of carbonyl (C=O) groups is 2. The molecule has 2 amide bonds. The normalized spacial score (nSPS) is 16.6. The Hall–Kier alpha value is -2.66. The van der Waals surface area contributed by atoms with Gasteiger partial charge in [0.1, 0.15) is 5.75 Å². The molecule has 0 aromatic heterocycles. The van der Waals surface area contributed by atoms with Crippen LogP contribution in [0.25, 0.3) is 0 Å². The number of imide groups is 1. The predicted octanol–water partition coefficient (Wildman–Crippen LogP) is 2.74. The van der Waals surface area contributed by atoms with Gasteiger partial charge in [-0.1, -0.05) is 24.3 Å². The molecule has 0 fully saturated rings. The summed E-state index contributed by atoms with van der Waals surface area (Å²) in [6.45, 7) is 2.84. The molecular formula is C21H22N2O3. The van der Waals surface area contributed by atoms with Gasteiger partial charge in [0.2, 0.25) is 0 Å². The molecule has 5 heteroatoms. The van der Waals surface area contributed by atoms with Gasteiger partial charge in [-0.15, -0.1) is 0 Å². The van der Waals surface area contributed by atoms with Gasteiger partial charge in [0.15, 0.2) is 0 Å². The molecule has 0 radical (unpaired) electrons. The van der Waals surface area contributed by atoms with Crippen LogP contribution in [0.5, 0.6) is 5.75 Å². The van der Waals surface area contributed by atoms with E-state index < -0.39 is 0 Å². The molecule has 2 aliphatic heterocycles. The molecule has 0 spiro atoms. The number of carbonyl (C=O) groups excluding carboxylic acids is 2. The van der Waals surface area contributed by atoms with E-state index in [1.54, 1.807) is 24.3 Å². The van der Waals surface area contributed by atoms with E-state index in [4.69, 9.17) is 4.74 Å². The summed E-state index contributed by atoms with van der Waals surface area (Å²) < 4.78 is 5.98. The first-order valence-corrected chi connectivity index (χ1v) is 9.02. The lowest BCUT2D eigenvalue weighted by atomic mass is 9.99. The fourth-order valence-electron chi connectivity index (χ4n) is 3.70. The van der Waals surface area contributed by atoms with Crippen LogP contribution in [-0.4, -0.2) is 48.4 Å². The highest BCUT2D eigenvalue weighted by atomic mass is 16.5. The second kappa shape index (κ2) is 6.92. The van der Waals surface area contributed by atoms with E-state index in [-0.39, 0.29) is 11.8 Å². The minimum atomic E-state index is -0.203. The molecule has 0 N–H and O–H groups in total. The standard InChI is InChI=1S/C21H22N2O3/c1-22-12-10-16-15(14-22)6-4-9-19(16)26-13-5-11-23-20(24)17-7-2-3-8-18(17)21(23)25/h2-4,6-9H,5,10-14H2,1H3. The van der Waals surface area contributed by atoms with E-state index >= 15 is 0 Å². The zero-order valence-corrected chi connectivity index (χ0v) is 14.9. The number of hydrogen-bond donors (Lipinski definition) is 0. The van der Waals surface area contributed by atoms with E-state index in [2.05, 4.69) is 18.0 Å². The van der Waals surface area contributed by atoms with E-state index in [0.717, 1.165) is 25.3 Å². The first kappa shape index (κ1) is 16.8. The average molecular weight is 350 g/mol. The van der Waals surface area contributed by atoms with Gasteiger partial charge in [-0.3, -0.25) is 14.5 Å². The molecule has 2 heterocycles. The highest BCUT2D eigenvalue weighted by Gasteiger charge is 2.34. The van der Waals surface area contributed by atoms with E-state index in [1.807, 2.05) is 12.1 Å². The van der Waals surface area contributed by atoms with Crippen LogP contribution in [0.4, 0.5) is 0 Å². The van der Waals surface area contributed by atoms with Crippen molar-refractivity contribution in [3.63, 3.8) is 0 Å². The van der Waals surface area contributed by atoms with Gasteiger partial charge in [0, 0.05) is 19.6 Å². The Kier molecular flexibility index (Phi) is 4.47. The number of ether oxygens (including phenoxy) is 1. The molecule has 2 aliphatic rings. The number of benzene rings is 2. The van der Waals surface area contributed by atoms with Crippen molar-refractivity contribution in [1.29, 1.82) is 0 Å². The van der Waals surface area contributed by atoms with Crippen LogP contribution in [0.15, 0.2) is 42.5 Å². The average Bonchev–Trinajstić information content (AvgIpc) is 2.90. The maximum absolute atomic E-state index is 12.4. The molecule has 26 heavy (non-hydrogen) atoms. The number of amides is 2. The highest BCUT2D eigenvalue weighted by molar-refractivity contribution is 6.21. The maximum atomic E-state index is 12.4. The number of fused-ring (bicyclic) bond motifs is 2. The van der Waals surface area contributed by atoms with Crippen LogP contribution in [0, 0.1) is 0 Å². The molecule has 5 nitrogen and oxygen atoms in total. The lowest BCUT2D eigenvalue weighted by molar-refractivity contribution is 0.0646. The zero-order valence-electron chi connectivity index (χ0n) is 14.9. The Labute approximate surface area is 153 Å². The van der Waals surface area contributed by atoms with Crippen LogP contribution in [0.2, 0.25) is 0 Å². The molecular weight excluding hydrogens is 328 g/mol. The van der Waals surface area contributed by atoms with Crippen LogP contribution >= 0.6 is 0 Å². The Morgan fingerprint density at radius 2 is 1.73 bits per heavy atom. The monoisotopic (exact) mass is 350 g/mol. The number of hydrogen-bond acceptors (Lipinski definition) is 4. The van der Waals surface area contributed by atoms with Crippen LogP contribution in [0.1, 0.15) is 38.3 Å². The van der Waals surface area contributed by atoms with E-state index in [1.165, 1.54) is 16.0 Å². The van der Waals surface area contributed by atoms with Crippen LogP contribution in [0.3, 0.4) is 0 Å². The lowest BCUT2D eigenvalue weighted by Crippen LogP contribution is -2.31. The molecule has 2 aromatic carbocycles. The lowest BCUT2D eigenvalue weighted by Gasteiger charge is -2.26. The molecule has 4 rings (SSSR count). The Morgan fingerprint density at radius 1 is 1.00 bits per heavy atom. The Bertz CT molecular complexity index is 827. The summed E-state index contributed by atoms with van der Waals surface area (Å²) >= 11 is 0. The van der Waals surface area contributed by atoms with Crippen molar-refractivity contribution >= 4 is 11.8 Å².